The molecule has 24 heavy (non-hydrogen) atoms. The van der Waals surface area contributed by atoms with Crippen molar-refractivity contribution in [2.45, 2.75) is 19.4 Å². The first kappa shape index (κ1) is 19.3. The van der Waals surface area contributed by atoms with Gasteiger partial charge in [0.2, 0.25) is 0 Å². The zero-order chi connectivity index (χ0) is 17.9. The predicted molar refractivity (Wildman–Crippen MR) is 86.0 cm³/mol. The van der Waals surface area contributed by atoms with E-state index in [4.69, 9.17) is 9.47 Å². The number of ketones is 1. The fourth-order valence-corrected chi connectivity index (χ4v) is 1.85. The van der Waals surface area contributed by atoms with Gasteiger partial charge < -0.3 is 24.8 Å². The molecule has 0 aromatic heterocycles. The van der Waals surface area contributed by atoms with Crippen LogP contribution in [0.4, 0.5) is 4.79 Å². The van der Waals surface area contributed by atoms with Crippen molar-refractivity contribution in [3.63, 3.8) is 0 Å². The minimum atomic E-state index is -0.476. The van der Waals surface area contributed by atoms with Gasteiger partial charge >= 0.3 is 12.0 Å². The van der Waals surface area contributed by atoms with E-state index in [0.29, 0.717) is 11.5 Å². The van der Waals surface area contributed by atoms with Gasteiger partial charge in [-0.05, 0) is 17.7 Å². The number of rotatable bonds is 9. The lowest BCUT2D eigenvalue weighted by Crippen LogP contribution is -2.38. The highest BCUT2D eigenvalue weighted by molar-refractivity contribution is 5.87. The van der Waals surface area contributed by atoms with Crippen molar-refractivity contribution in [2.24, 2.45) is 0 Å². The topological polar surface area (TPSA) is 103 Å². The third-order valence-corrected chi connectivity index (χ3v) is 3.18. The van der Waals surface area contributed by atoms with Crippen LogP contribution in [-0.4, -0.2) is 45.7 Å². The first-order valence-electron chi connectivity index (χ1n) is 7.31. The maximum Gasteiger partial charge on any atom is 0.315 e. The highest BCUT2D eigenvalue weighted by Crippen LogP contribution is 2.27. The van der Waals surface area contributed by atoms with Crippen LogP contribution in [0.15, 0.2) is 18.2 Å². The predicted octanol–water partition coefficient (Wildman–Crippen LogP) is 1.03. The van der Waals surface area contributed by atoms with Crippen LogP contribution in [-0.2, 0) is 20.9 Å². The van der Waals surface area contributed by atoms with E-state index >= 15 is 0 Å². The fraction of sp³-hybridized carbons (Fsp3) is 0.438. The number of carbonyl (C=O) groups is 3. The van der Waals surface area contributed by atoms with E-state index in [1.54, 1.807) is 25.3 Å². The van der Waals surface area contributed by atoms with Gasteiger partial charge in [-0.15, -0.1) is 0 Å². The molecule has 0 aliphatic rings. The van der Waals surface area contributed by atoms with E-state index in [9.17, 15) is 14.4 Å². The molecule has 2 N–H and O–H groups in total. The highest BCUT2D eigenvalue weighted by Gasteiger charge is 2.09. The summed E-state index contributed by atoms with van der Waals surface area (Å²) in [6.45, 7) is 0.122. The molecule has 8 nitrogen and oxygen atoms in total. The second kappa shape index (κ2) is 10.1. The molecular formula is C16H22N2O6. The number of hydrogen-bond donors (Lipinski definition) is 2. The normalized spacial score (nSPS) is 9.79. The molecule has 0 aliphatic heterocycles. The Morgan fingerprint density at radius 3 is 2.29 bits per heavy atom. The molecule has 0 saturated heterocycles. The van der Waals surface area contributed by atoms with Crippen LogP contribution in [0.3, 0.4) is 0 Å². The maximum atomic E-state index is 11.7. The van der Waals surface area contributed by atoms with Crippen LogP contribution in [0.5, 0.6) is 11.5 Å². The summed E-state index contributed by atoms with van der Waals surface area (Å²) in [6, 6.07) is 4.81. The van der Waals surface area contributed by atoms with Gasteiger partial charge in [-0.2, -0.15) is 0 Å². The Kier molecular flexibility index (Phi) is 8.10. The van der Waals surface area contributed by atoms with Gasteiger partial charge in [0.25, 0.3) is 0 Å². The second-order valence-corrected chi connectivity index (χ2v) is 4.84. The quantitative estimate of drug-likeness (QED) is 0.652. The van der Waals surface area contributed by atoms with Crippen molar-refractivity contribution in [3.8, 4) is 11.5 Å². The monoisotopic (exact) mass is 338 g/mol. The molecule has 0 fully saturated rings. The number of Topliss-reactive ketones (excluding diaryl/α,β-unsaturated/α-hetero) is 1. The number of urea groups is 1. The van der Waals surface area contributed by atoms with Crippen molar-refractivity contribution < 1.29 is 28.6 Å². The van der Waals surface area contributed by atoms with Crippen molar-refractivity contribution in [2.75, 3.05) is 27.9 Å². The SMILES string of the molecule is COC(=O)CCC(=O)CNC(=O)NCc1ccc(OC)c(OC)c1. The number of ether oxygens (including phenoxy) is 3. The van der Waals surface area contributed by atoms with Crippen molar-refractivity contribution in [1.82, 2.24) is 10.6 Å². The summed E-state index contributed by atoms with van der Waals surface area (Å²) in [5.74, 6) is 0.458. The Labute approximate surface area is 140 Å². The smallest absolute Gasteiger partial charge is 0.315 e. The molecule has 0 heterocycles. The van der Waals surface area contributed by atoms with Crippen LogP contribution >= 0.6 is 0 Å². The lowest BCUT2D eigenvalue weighted by atomic mass is 10.2. The standard InChI is InChI=1S/C16H22N2O6/c1-22-13-6-4-11(8-14(13)23-2)9-17-16(21)18-10-12(19)5-7-15(20)24-3/h4,6,8H,5,7,9-10H2,1-3H3,(H2,17,18,21). The summed E-state index contributed by atoms with van der Waals surface area (Å²) in [7, 11) is 4.33. The summed E-state index contributed by atoms with van der Waals surface area (Å²) in [4.78, 5) is 34.1. The van der Waals surface area contributed by atoms with Crippen LogP contribution in [0.2, 0.25) is 0 Å². The minimum Gasteiger partial charge on any atom is -0.493 e. The van der Waals surface area contributed by atoms with E-state index in [-0.39, 0.29) is 31.7 Å². The molecule has 8 heteroatoms. The first-order valence-corrected chi connectivity index (χ1v) is 7.31. The Morgan fingerprint density at radius 1 is 0.958 bits per heavy atom. The van der Waals surface area contributed by atoms with Gasteiger partial charge in [0.1, 0.15) is 0 Å². The first-order chi connectivity index (χ1) is 11.5. The molecular weight excluding hydrogens is 316 g/mol. The highest BCUT2D eigenvalue weighted by atomic mass is 16.5. The molecule has 0 spiro atoms. The third-order valence-electron chi connectivity index (χ3n) is 3.18. The Balaban J connectivity index is 2.36. The summed E-state index contributed by atoms with van der Waals surface area (Å²) in [5, 5.41) is 5.07. The molecule has 0 atom stereocenters. The lowest BCUT2D eigenvalue weighted by Gasteiger charge is -2.11. The van der Waals surface area contributed by atoms with E-state index in [1.807, 2.05) is 0 Å². The summed E-state index contributed by atoms with van der Waals surface area (Å²) >= 11 is 0. The largest absolute Gasteiger partial charge is 0.493 e. The molecule has 0 unspecified atom stereocenters. The number of hydrogen-bond acceptors (Lipinski definition) is 6. The Morgan fingerprint density at radius 2 is 1.67 bits per heavy atom. The molecule has 0 radical (unpaired) electrons. The average Bonchev–Trinajstić information content (AvgIpc) is 2.62. The number of amides is 2. The third kappa shape index (κ3) is 6.55. The van der Waals surface area contributed by atoms with Gasteiger partial charge in [-0.1, -0.05) is 6.07 Å². The molecule has 0 saturated carbocycles. The van der Waals surface area contributed by atoms with Gasteiger partial charge in [-0.25, -0.2) is 4.79 Å². The van der Waals surface area contributed by atoms with E-state index in [2.05, 4.69) is 15.4 Å². The van der Waals surface area contributed by atoms with Crippen LogP contribution in [0, 0.1) is 0 Å². The van der Waals surface area contributed by atoms with E-state index in [0.717, 1.165) is 5.56 Å². The number of esters is 1. The number of methoxy groups -OCH3 is 3. The Bertz CT molecular complexity index is 588. The zero-order valence-corrected chi connectivity index (χ0v) is 14.0. The number of nitrogens with one attached hydrogen (secondary N) is 2. The van der Waals surface area contributed by atoms with Crippen LogP contribution < -0.4 is 20.1 Å². The molecule has 0 aliphatic carbocycles. The fourth-order valence-electron chi connectivity index (χ4n) is 1.85. The molecule has 1 aromatic carbocycles. The minimum absolute atomic E-state index is 0.00424. The Hall–Kier alpha value is -2.77. The molecule has 1 aromatic rings. The molecule has 0 bridgehead atoms. The summed E-state index contributed by atoms with van der Waals surface area (Å²) in [6.07, 6.45) is 0.0346. The van der Waals surface area contributed by atoms with Gasteiger partial charge in [-0.3, -0.25) is 9.59 Å². The summed E-state index contributed by atoms with van der Waals surface area (Å²) in [5.41, 5.74) is 0.819. The number of benzene rings is 1. The van der Waals surface area contributed by atoms with Gasteiger partial charge in [0, 0.05) is 13.0 Å². The molecule has 2 amide bonds. The van der Waals surface area contributed by atoms with Crippen LogP contribution in [0.1, 0.15) is 18.4 Å². The number of carbonyl (C=O) groups excluding carboxylic acids is 3. The zero-order valence-electron chi connectivity index (χ0n) is 14.0. The summed E-state index contributed by atoms with van der Waals surface area (Å²) < 4.78 is 14.8. The van der Waals surface area contributed by atoms with Gasteiger partial charge in [0.05, 0.1) is 34.3 Å². The van der Waals surface area contributed by atoms with Crippen molar-refractivity contribution in [1.29, 1.82) is 0 Å². The van der Waals surface area contributed by atoms with Crippen molar-refractivity contribution in [3.05, 3.63) is 23.8 Å². The average molecular weight is 338 g/mol. The van der Waals surface area contributed by atoms with Crippen LogP contribution in [0.25, 0.3) is 0 Å². The van der Waals surface area contributed by atoms with E-state index in [1.165, 1.54) is 14.2 Å². The van der Waals surface area contributed by atoms with Crippen molar-refractivity contribution >= 4 is 17.8 Å². The van der Waals surface area contributed by atoms with E-state index < -0.39 is 12.0 Å². The molecule has 132 valence electrons. The second-order valence-electron chi connectivity index (χ2n) is 4.84. The lowest BCUT2D eigenvalue weighted by molar-refractivity contribution is -0.141. The van der Waals surface area contributed by atoms with Gasteiger partial charge in [0.15, 0.2) is 17.3 Å². The maximum absolute atomic E-state index is 11.7. The molecule has 1 rings (SSSR count).